The highest BCUT2D eigenvalue weighted by molar-refractivity contribution is 5.73. The lowest BCUT2D eigenvalue weighted by Crippen LogP contribution is -2.49. The van der Waals surface area contributed by atoms with Gasteiger partial charge in [-0.05, 0) is 24.1 Å². The molecule has 0 aromatic heterocycles. The van der Waals surface area contributed by atoms with Crippen molar-refractivity contribution in [3.63, 3.8) is 0 Å². The van der Waals surface area contributed by atoms with Gasteiger partial charge in [0.2, 0.25) is 0 Å². The molecule has 0 amide bonds. The molecule has 1 aliphatic rings. The summed E-state index contributed by atoms with van der Waals surface area (Å²) in [7, 11) is 0. The summed E-state index contributed by atoms with van der Waals surface area (Å²) in [6.45, 7) is 1.52. The molecule has 0 spiro atoms. The zero-order valence-corrected chi connectivity index (χ0v) is 23.0. The molecule has 1 aromatic rings. The van der Waals surface area contributed by atoms with Crippen molar-refractivity contribution < 1.29 is 59.7 Å². The summed E-state index contributed by atoms with van der Waals surface area (Å²) in [6, 6.07) is 3.09. The van der Waals surface area contributed by atoms with Crippen LogP contribution >= 0.6 is 0 Å². The first kappa shape index (κ1) is 36.0. The van der Waals surface area contributed by atoms with Crippen LogP contribution in [0.2, 0.25) is 0 Å². The minimum atomic E-state index is -1.10. The molecule has 1 saturated heterocycles. The second kappa shape index (κ2) is 18.4. The molecule has 0 aliphatic carbocycles. The lowest BCUT2D eigenvalue weighted by Gasteiger charge is -2.32. The lowest BCUT2D eigenvalue weighted by atomic mass is 10.1. The van der Waals surface area contributed by atoms with Crippen LogP contribution in [0.4, 0.5) is 0 Å². The number of nitrogens with zero attached hydrogens (tertiary/aromatic N) is 4. The Morgan fingerprint density at radius 3 is 1.14 bits per heavy atom. The number of aromatic hydroxyl groups is 2. The Bertz CT molecular complexity index is 960. The van der Waals surface area contributed by atoms with Gasteiger partial charge in [-0.2, -0.15) is 0 Å². The van der Waals surface area contributed by atoms with Crippen LogP contribution in [-0.4, -0.2) is 170 Å². The van der Waals surface area contributed by atoms with Crippen LogP contribution in [0.15, 0.2) is 18.2 Å². The average molecular weight is 602 g/mol. The van der Waals surface area contributed by atoms with Gasteiger partial charge in [0.15, 0.2) is 11.5 Å². The lowest BCUT2D eigenvalue weighted by molar-refractivity contribution is -0.141. The first-order valence-electron chi connectivity index (χ1n) is 12.9. The number of aliphatic carboxylic acids is 5. The molecule has 0 saturated carbocycles. The van der Waals surface area contributed by atoms with E-state index in [1.807, 2.05) is 0 Å². The maximum atomic E-state index is 11.1. The van der Waals surface area contributed by atoms with Crippen molar-refractivity contribution in [1.82, 2.24) is 19.6 Å². The number of phenolic OH excluding ortho intramolecular Hbond substituents is 2. The molecule has 17 heteroatoms. The standard InChI is InChI=1S/C16H28N4O8.C9H11NO4/c21-13(22)9-17-1-2-18(10-14(23)24)5-6-20(12-16(27)28)8-7-19(4-3-17)11-15(25)26;10-6(9(13)14)3-5-1-2-7(11)8(12)4-5/h1-12H2,(H,21,22)(H,23,24)(H,25,26)(H,27,28);1-2,4,6,11-12H,3,10H2,(H,13,14)/t;6-/m.0/s1. The third-order valence-electron chi connectivity index (χ3n) is 6.18. The Morgan fingerprint density at radius 2 is 0.905 bits per heavy atom. The first-order chi connectivity index (χ1) is 19.7. The van der Waals surface area contributed by atoms with Crippen molar-refractivity contribution in [2.45, 2.75) is 12.5 Å². The Balaban J connectivity index is 0.000000525. The van der Waals surface area contributed by atoms with Crippen LogP contribution < -0.4 is 5.73 Å². The maximum absolute atomic E-state index is 11.1. The third kappa shape index (κ3) is 15.7. The molecule has 0 radical (unpaired) electrons. The maximum Gasteiger partial charge on any atom is 0.320 e. The Labute approximate surface area is 241 Å². The number of rotatable bonds is 11. The van der Waals surface area contributed by atoms with E-state index >= 15 is 0 Å². The minimum absolute atomic E-state index is 0.114. The SMILES string of the molecule is N[C@@H](Cc1ccc(O)c(O)c1)C(=O)O.O=C(O)CN1CCN(CC(=O)O)CCN(CC(=O)O)CCN(CC(=O)O)CC1. The molecule has 42 heavy (non-hydrogen) atoms. The van der Waals surface area contributed by atoms with Gasteiger partial charge in [-0.15, -0.1) is 0 Å². The molecule has 1 aromatic carbocycles. The Morgan fingerprint density at radius 1 is 0.595 bits per heavy atom. The van der Waals surface area contributed by atoms with Gasteiger partial charge in [0, 0.05) is 52.4 Å². The topological polar surface area (TPSA) is 266 Å². The van der Waals surface area contributed by atoms with E-state index in [4.69, 9.17) is 41.5 Å². The summed E-state index contributed by atoms with van der Waals surface area (Å²) in [5.74, 6) is -5.69. The zero-order chi connectivity index (χ0) is 31.8. The van der Waals surface area contributed by atoms with E-state index in [9.17, 15) is 24.0 Å². The van der Waals surface area contributed by atoms with Gasteiger partial charge >= 0.3 is 29.8 Å². The van der Waals surface area contributed by atoms with Crippen LogP contribution in [-0.2, 0) is 30.4 Å². The number of carboxylic acids is 5. The molecule has 2 rings (SSSR count). The van der Waals surface area contributed by atoms with Crippen LogP contribution in [0.5, 0.6) is 11.5 Å². The van der Waals surface area contributed by atoms with Gasteiger partial charge in [0.25, 0.3) is 0 Å². The zero-order valence-electron chi connectivity index (χ0n) is 23.0. The van der Waals surface area contributed by atoms with Gasteiger partial charge in [0.1, 0.15) is 6.04 Å². The fourth-order valence-corrected chi connectivity index (χ4v) is 4.01. The molecule has 1 heterocycles. The smallest absolute Gasteiger partial charge is 0.320 e. The van der Waals surface area contributed by atoms with Crippen molar-refractivity contribution in [2.24, 2.45) is 5.73 Å². The molecule has 236 valence electrons. The van der Waals surface area contributed by atoms with E-state index in [-0.39, 0.29) is 44.1 Å². The number of nitrogens with two attached hydrogens (primary N) is 1. The van der Waals surface area contributed by atoms with Crippen LogP contribution in [0.3, 0.4) is 0 Å². The van der Waals surface area contributed by atoms with Gasteiger partial charge in [-0.1, -0.05) is 6.07 Å². The summed E-state index contributed by atoms with van der Waals surface area (Å²) >= 11 is 0. The van der Waals surface area contributed by atoms with Crippen molar-refractivity contribution >= 4 is 29.8 Å². The highest BCUT2D eigenvalue weighted by atomic mass is 16.4. The highest BCUT2D eigenvalue weighted by Gasteiger charge is 2.21. The van der Waals surface area contributed by atoms with E-state index in [1.165, 1.54) is 18.2 Å². The number of phenols is 2. The number of carboxylic acid groups (broad SMARTS) is 5. The van der Waals surface area contributed by atoms with Crippen molar-refractivity contribution in [3.05, 3.63) is 23.8 Å². The quantitative estimate of drug-likeness (QED) is 0.123. The van der Waals surface area contributed by atoms with Crippen LogP contribution in [0.25, 0.3) is 0 Å². The van der Waals surface area contributed by atoms with Crippen molar-refractivity contribution in [1.29, 1.82) is 0 Å². The average Bonchev–Trinajstić information content (AvgIpc) is 2.87. The number of benzene rings is 1. The molecule has 1 fully saturated rings. The van der Waals surface area contributed by atoms with E-state index < -0.39 is 35.9 Å². The fourth-order valence-electron chi connectivity index (χ4n) is 4.01. The highest BCUT2D eigenvalue weighted by Crippen LogP contribution is 2.25. The minimum Gasteiger partial charge on any atom is -0.504 e. The van der Waals surface area contributed by atoms with E-state index in [1.54, 1.807) is 19.6 Å². The summed E-state index contributed by atoms with van der Waals surface area (Å²) in [4.78, 5) is 61.3. The van der Waals surface area contributed by atoms with E-state index in [0.29, 0.717) is 57.9 Å². The van der Waals surface area contributed by atoms with Crippen molar-refractivity contribution in [3.8, 4) is 11.5 Å². The predicted octanol–water partition coefficient (Wildman–Crippen LogP) is -2.40. The van der Waals surface area contributed by atoms with Gasteiger partial charge < -0.3 is 41.5 Å². The Hall–Kier alpha value is -4.03. The number of carbonyl (C=O) groups is 5. The molecular formula is C25H39N5O12. The van der Waals surface area contributed by atoms with Gasteiger partial charge in [-0.3, -0.25) is 43.6 Å². The summed E-state index contributed by atoms with van der Waals surface area (Å²) in [5.41, 5.74) is 5.86. The van der Waals surface area contributed by atoms with E-state index in [0.717, 1.165) is 0 Å². The molecule has 17 nitrogen and oxygen atoms in total. The largest absolute Gasteiger partial charge is 0.504 e. The second-order valence-electron chi connectivity index (χ2n) is 9.65. The molecule has 1 atom stereocenters. The first-order valence-corrected chi connectivity index (χ1v) is 12.9. The second-order valence-corrected chi connectivity index (χ2v) is 9.65. The van der Waals surface area contributed by atoms with E-state index in [2.05, 4.69) is 0 Å². The number of hydrogen-bond acceptors (Lipinski definition) is 12. The fraction of sp³-hybridized carbons (Fsp3) is 0.560. The molecule has 0 unspecified atom stereocenters. The summed E-state index contributed by atoms with van der Waals surface area (Å²) in [5, 5.41) is 62.9. The van der Waals surface area contributed by atoms with Gasteiger partial charge in [0.05, 0.1) is 26.2 Å². The van der Waals surface area contributed by atoms with Crippen LogP contribution in [0.1, 0.15) is 5.56 Å². The molecule has 0 bridgehead atoms. The summed E-state index contributed by atoms with van der Waals surface area (Å²) < 4.78 is 0. The predicted molar refractivity (Wildman–Crippen MR) is 145 cm³/mol. The summed E-state index contributed by atoms with van der Waals surface area (Å²) in [6.07, 6.45) is 0.114. The monoisotopic (exact) mass is 601 g/mol. The van der Waals surface area contributed by atoms with Crippen molar-refractivity contribution in [2.75, 3.05) is 78.5 Å². The Kier molecular flexibility index (Phi) is 15.8. The third-order valence-corrected chi connectivity index (χ3v) is 6.18. The number of hydrogen-bond donors (Lipinski definition) is 8. The molecule has 9 N–H and O–H groups in total. The molecular weight excluding hydrogens is 562 g/mol. The van der Waals surface area contributed by atoms with Gasteiger partial charge in [-0.25, -0.2) is 0 Å². The molecule has 1 aliphatic heterocycles. The normalized spacial score (nSPS) is 17.1. The van der Waals surface area contributed by atoms with Crippen LogP contribution in [0, 0.1) is 0 Å².